The second-order valence-electron chi connectivity index (χ2n) is 5.63. The fraction of sp³-hybridized carbons (Fsp3) is 0.500. The van der Waals surface area contributed by atoms with Crippen LogP contribution in [0.1, 0.15) is 35.6 Å². The summed E-state index contributed by atoms with van der Waals surface area (Å²) in [6.07, 6.45) is 2.04. The molecule has 2 N–H and O–H groups in total. The van der Waals surface area contributed by atoms with Crippen LogP contribution in [-0.2, 0) is 9.59 Å². The van der Waals surface area contributed by atoms with Gasteiger partial charge in [0.25, 0.3) is 0 Å². The third kappa shape index (κ3) is 4.24. The zero-order valence-corrected chi connectivity index (χ0v) is 13.4. The average Bonchev–Trinajstić information content (AvgIpc) is 2.86. The van der Waals surface area contributed by atoms with Crippen LogP contribution in [0.25, 0.3) is 0 Å². The number of thioether (sulfide) groups is 1. The fourth-order valence-electron chi connectivity index (χ4n) is 2.94. The number of carbonyl (C=O) groups is 2. The molecule has 0 spiro atoms. The maximum Gasteiger partial charge on any atom is 0.233 e. The van der Waals surface area contributed by atoms with E-state index in [9.17, 15) is 9.59 Å². The Morgan fingerprint density at radius 2 is 1.90 bits per heavy atom. The average molecular weight is 306 g/mol. The molecule has 4 nitrogen and oxygen atoms in total. The van der Waals surface area contributed by atoms with Gasteiger partial charge in [0, 0.05) is 6.54 Å². The van der Waals surface area contributed by atoms with E-state index in [-0.39, 0.29) is 23.6 Å². The fourth-order valence-corrected chi connectivity index (χ4v) is 3.58. The molecule has 1 aromatic carbocycles. The second-order valence-corrected chi connectivity index (χ2v) is 6.61. The lowest BCUT2D eigenvalue weighted by molar-refractivity contribution is -0.129. The van der Waals surface area contributed by atoms with Crippen molar-refractivity contribution in [3.05, 3.63) is 34.9 Å². The summed E-state index contributed by atoms with van der Waals surface area (Å²) in [7, 11) is 0. The van der Waals surface area contributed by atoms with Crippen molar-refractivity contribution in [3.63, 3.8) is 0 Å². The molecule has 0 unspecified atom stereocenters. The first-order valence-corrected chi connectivity index (χ1v) is 8.36. The van der Waals surface area contributed by atoms with Gasteiger partial charge >= 0.3 is 0 Å². The molecule has 0 saturated carbocycles. The van der Waals surface area contributed by atoms with Crippen molar-refractivity contribution in [2.75, 3.05) is 18.1 Å². The largest absolute Gasteiger partial charge is 0.369 e. The van der Waals surface area contributed by atoms with Crippen molar-refractivity contribution in [1.82, 2.24) is 4.90 Å². The van der Waals surface area contributed by atoms with Crippen molar-refractivity contribution in [1.29, 1.82) is 0 Å². The minimum Gasteiger partial charge on any atom is -0.369 e. The first-order valence-electron chi connectivity index (χ1n) is 7.21. The number of carbonyl (C=O) groups excluding carboxylic acids is 2. The molecule has 1 atom stereocenters. The Balaban J connectivity index is 2.05. The van der Waals surface area contributed by atoms with Crippen LogP contribution in [0.15, 0.2) is 18.2 Å². The van der Waals surface area contributed by atoms with Gasteiger partial charge in [-0.15, -0.1) is 11.8 Å². The van der Waals surface area contributed by atoms with E-state index in [1.807, 2.05) is 4.90 Å². The van der Waals surface area contributed by atoms with E-state index >= 15 is 0 Å². The molecule has 0 aromatic heterocycles. The van der Waals surface area contributed by atoms with E-state index in [0.717, 1.165) is 19.4 Å². The molecule has 1 aliphatic rings. The van der Waals surface area contributed by atoms with E-state index in [1.54, 1.807) is 0 Å². The quantitative estimate of drug-likeness (QED) is 0.907. The normalized spacial score (nSPS) is 18.0. The van der Waals surface area contributed by atoms with Crippen LogP contribution < -0.4 is 5.73 Å². The van der Waals surface area contributed by atoms with E-state index in [0.29, 0.717) is 5.75 Å². The molecule has 1 fully saturated rings. The van der Waals surface area contributed by atoms with Gasteiger partial charge in [-0.25, -0.2) is 0 Å². The van der Waals surface area contributed by atoms with Gasteiger partial charge in [0.15, 0.2) is 0 Å². The summed E-state index contributed by atoms with van der Waals surface area (Å²) in [6, 6.07) is 6.65. The van der Waals surface area contributed by atoms with Gasteiger partial charge in [-0.3, -0.25) is 9.59 Å². The summed E-state index contributed by atoms with van der Waals surface area (Å²) >= 11 is 1.29. The van der Waals surface area contributed by atoms with E-state index in [1.165, 1.54) is 28.5 Å². The molecule has 21 heavy (non-hydrogen) atoms. The first-order chi connectivity index (χ1) is 9.97. The predicted octanol–water partition coefficient (Wildman–Crippen LogP) is 2.19. The van der Waals surface area contributed by atoms with E-state index in [4.69, 9.17) is 5.73 Å². The lowest BCUT2D eigenvalue weighted by Crippen LogP contribution is -2.32. The van der Waals surface area contributed by atoms with Crippen molar-refractivity contribution >= 4 is 23.6 Å². The lowest BCUT2D eigenvalue weighted by Gasteiger charge is -2.25. The van der Waals surface area contributed by atoms with Gasteiger partial charge in [0.2, 0.25) is 11.8 Å². The van der Waals surface area contributed by atoms with Crippen LogP contribution in [0.3, 0.4) is 0 Å². The maximum atomic E-state index is 12.3. The van der Waals surface area contributed by atoms with Gasteiger partial charge in [0.05, 0.1) is 17.5 Å². The summed E-state index contributed by atoms with van der Waals surface area (Å²) < 4.78 is 0. The highest BCUT2D eigenvalue weighted by atomic mass is 32.2. The third-order valence-corrected chi connectivity index (χ3v) is 4.61. The van der Waals surface area contributed by atoms with Crippen LogP contribution in [0.4, 0.5) is 0 Å². The summed E-state index contributed by atoms with van der Waals surface area (Å²) in [6.45, 7) is 4.97. The van der Waals surface area contributed by atoms with Crippen molar-refractivity contribution in [3.8, 4) is 0 Å². The number of hydrogen-bond donors (Lipinski definition) is 1. The van der Waals surface area contributed by atoms with Gasteiger partial charge in [0.1, 0.15) is 0 Å². The van der Waals surface area contributed by atoms with Gasteiger partial charge < -0.3 is 10.6 Å². The van der Waals surface area contributed by atoms with Crippen molar-refractivity contribution in [2.45, 2.75) is 32.7 Å². The van der Waals surface area contributed by atoms with Crippen LogP contribution >= 0.6 is 11.8 Å². The Kier molecular flexibility index (Phi) is 5.28. The molecule has 0 radical (unpaired) electrons. The Hall–Kier alpha value is -1.49. The van der Waals surface area contributed by atoms with Gasteiger partial charge in [-0.1, -0.05) is 29.3 Å². The number of hydrogen-bond acceptors (Lipinski definition) is 3. The minimum absolute atomic E-state index is 0.0999. The van der Waals surface area contributed by atoms with Crippen LogP contribution in [0.5, 0.6) is 0 Å². The molecule has 0 aliphatic carbocycles. The zero-order valence-electron chi connectivity index (χ0n) is 12.6. The number of aryl methyl sites for hydroxylation is 2. The summed E-state index contributed by atoms with van der Waals surface area (Å²) in [5, 5.41) is 0. The SMILES string of the molecule is Cc1cc(C)cc([C@H]2CCCN2C(=O)CSCC(N)=O)c1. The molecule has 5 heteroatoms. The number of likely N-dealkylation sites (tertiary alicyclic amines) is 1. The molecular weight excluding hydrogens is 284 g/mol. The second kappa shape index (κ2) is 6.98. The molecular formula is C16H22N2O2S. The highest BCUT2D eigenvalue weighted by Gasteiger charge is 2.29. The molecule has 2 rings (SSSR count). The number of nitrogens with zero attached hydrogens (tertiary/aromatic N) is 1. The lowest BCUT2D eigenvalue weighted by atomic mass is 9.99. The number of amides is 2. The number of benzene rings is 1. The molecule has 114 valence electrons. The van der Waals surface area contributed by atoms with E-state index < -0.39 is 0 Å². The molecule has 0 bridgehead atoms. The molecule has 1 heterocycles. The molecule has 1 aliphatic heterocycles. The summed E-state index contributed by atoms with van der Waals surface area (Å²) in [5.74, 6) is 0.251. The highest BCUT2D eigenvalue weighted by molar-refractivity contribution is 8.00. The predicted molar refractivity (Wildman–Crippen MR) is 86.1 cm³/mol. The smallest absolute Gasteiger partial charge is 0.233 e. The molecule has 1 aromatic rings. The minimum atomic E-state index is -0.375. The van der Waals surface area contributed by atoms with Crippen LogP contribution in [0, 0.1) is 13.8 Å². The molecule has 2 amide bonds. The Bertz CT molecular complexity index is 525. The molecule has 1 saturated heterocycles. The Morgan fingerprint density at radius 1 is 1.24 bits per heavy atom. The Labute approximate surface area is 130 Å². The maximum absolute atomic E-state index is 12.3. The number of primary amides is 1. The van der Waals surface area contributed by atoms with Gasteiger partial charge in [-0.2, -0.15) is 0 Å². The standard InChI is InChI=1S/C16H22N2O2S/c1-11-6-12(2)8-13(7-11)14-4-3-5-18(14)16(20)10-21-9-15(17)19/h6-8,14H,3-5,9-10H2,1-2H3,(H2,17,19)/t14-/m1/s1. The third-order valence-electron chi connectivity index (χ3n) is 3.67. The van der Waals surface area contributed by atoms with Crippen molar-refractivity contribution in [2.24, 2.45) is 5.73 Å². The zero-order chi connectivity index (χ0) is 15.4. The number of nitrogens with two attached hydrogens (primary N) is 1. The highest BCUT2D eigenvalue weighted by Crippen LogP contribution is 2.33. The van der Waals surface area contributed by atoms with Crippen molar-refractivity contribution < 1.29 is 9.59 Å². The van der Waals surface area contributed by atoms with Crippen LogP contribution in [0.2, 0.25) is 0 Å². The number of rotatable bonds is 5. The van der Waals surface area contributed by atoms with Gasteiger partial charge in [-0.05, 0) is 32.3 Å². The topological polar surface area (TPSA) is 63.4 Å². The summed E-state index contributed by atoms with van der Waals surface area (Å²) in [4.78, 5) is 25.0. The van der Waals surface area contributed by atoms with E-state index in [2.05, 4.69) is 32.0 Å². The van der Waals surface area contributed by atoms with Crippen LogP contribution in [-0.4, -0.2) is 34.8 Å². The monoisotopic (exact) mass is 306 g/mol. The first kappa shape index (κ1) is 15.9. The Morgan fingerprint density at radius 3 is 2.52 bits per heavy atom. The summed E-state index contributed by atoms with van der Waals surface area (Å²) in [5.41, 5.74) is 8.78.